The van der Waals surface area contributed by atoms with Crippen LogP contribution in [0.5, 0.6) is 0 Å². The number of nitrogens with zero attached hydrogens (tertiary/aromatic N) is 1. The molecular weight excluding hydrogens is 318 g/mol. The number of benzene rings is 2. The number of amidine groups is 1. The molecule has 1 aliphatic heterocycles. The predicted molar refractivity (Wildman–Crippen MR) is 96.6 cm³/mol. The number of aliphatic imine (C=N–C) groups is 1. The van der Waals surface area contributed by atoms with Crippen molar-refractivity contribution in [3.8, 4) is 0 Å². The van der Waals surface area contributed by atoms with Crippen molar-refractivity contribution in [2.45, 2.75) is 6.92 Å². The van der Waals surface area contributed by atoms with E-state index in [1.54, 1.807) is 6.07 Å². The van der Waals surface area contributed by atoms with Gasteiger partial charge in [0.15, 0.2) is 0 Å². The molecule has 0 unspecified atom stereocenters. The van der Waals surface area contributed by atoms with Gasteiger partial charge >= 0.3 is 0 Å². The summed E-state index contributed by atoms with van der Waals surface area (Å²) < 4.78 is 4.55. The van der Waals surface area contributed by atoms with E-state index in [9.17, 15) is 9.59 Å². The second-order valence-corrected chi connectivity index (χ2v) is 5.80. The van der Waals surface area contributed by atoms with Crippen LogP contribution in [0, 0.1) is 0 Å². The lowest BCUT2D eigenvalue weighted by molar-refractivity contribution is -0.128. The molecule has 0 fully saturated rings. The molecule has 1 heterocycles. The topological polar surface area (TPSA) is 79.8 Å². The van der Waals surface area contributed by atoms with E-state index in [0.29, 0.717) is 18.6 Å². The fourth-order valence-corrected chi connectivity index (χ4v) is 2.57. The van der Waals surface area contributed by atoms with Crippen molar-refractivity contribution in [2.24, 2.45) is 4.99 Å². The Labute approximate surface area is 145 Å². The third-order valence-corrected chi connectivity index (χ3v) is 3.89. The van der Waals surface area contributed by atoms with Gasteiger partial charge in [0.05, 0.1) is 13.1 Å². The number of fused-ring (bicyclic) bond motifs is 1. The first kappa shape index (κ1) is 16.7. The molecule has 0 saturated carbocycles. The minimum absolute atomic E-state index is 0.162. The summed E-state index contributed by atoms with van der Waals surface area (Å²) >= 11 is 0. The van der Waals surface area contributed by atoms with Gasteiger partial charge in [-0.15, -0.1) is 0 Å². The highest BCUT2D eigenvalue weighted by atomic mass is 16.5. The Kier molecular flexibility index (Phi) is 5.09. The Morgan fingerprint density at radius 2 is 2.08 bits per heavy atom. The summed E-state index contributed by atoms with van der Waals surface area (Å²) in [4.78, 5) is 26.7. The van der Waals surface area contributed by atoms with Crippen LogP contribution in [0.25, 0.3) is 10.8 Å². The molecule has 1 aliphatic rings. The Morgan fingerprint density at radius 1 is 1.28 bits per heavy atom. The van der Waals surface area contributed by atoms with Crippen LogP contribution in [0.4, 0.5) is 0 Å². The summed E-state index contributed by atoms with van der Waals surface area (Å²) in [7, 11) is 0. The largest absolute Gasteiger partial charge is 0.466 e. The summed E-state index contributed by atoms with van der Waals surface area (Å²) in [5.74, 6) is 0.656. The minimum atomic E-state index is -0.195. The molecule has 0 aromatic heterocycles. The maximum absolute atomic E-state index is 12.1. The zero-order chi connectivity index (χ0) is 17.6. The van der Waals surface area contributed by atoms with Crippen molar-refractivity contribution in [1.29, 1.82) is 0 Å². The summed E-state index contributed by atoms with van der Waals surface area (Å²) in [6.07, 6.45) is 1.97. The number of carbonyl (C=O) groups is 2. The van der Waals surface area contributed by atoms with Crippen molar-refractivity contribution in [2.75, 3.05) is 19.7 Å². The molecular formula is C19H19N3O3. The van der Waals surface area contributed by atoms with Crippen LogP contribution in [0.3, 0.4) is 0 Å². The molecule has 1 amide bonds. The van der Waals surface area contributed by atoms with E-state index in [0.717, 1.165) is 22.2 Å². The van der Waals surface area contributed by atoms with Crippen LogP contribution in [0.1, 0.15) is 22.8 Å². The van der Waals surface area contributed by atoms with Crippen molar-refractivity contribution >= 4 is 29.0 Å². The van der Waals surface area contributed by atoms with Crippen LogP contribution >= 0.6 is 0 Å². The lowest BCUT2D eigenvalue weighted by Gasteiger charge is -2.13. The van der Waals surface area contributed by atoms with Crippen LogP contribution < -0.4 is 10.6 Å². The number of amides is 1. The highest BCUT2D eigenvalue weighted by Gasteiger charge is 2.09. The average molecular weight is 337 g/mol. The summed E-state index contributed by atoms with van der Waals surface area (Å²) in [6, 6.07) is 11.6. The van der Waals surface area contributed by atoms with Gasteiger partial charge < -0.3 is 15.4 Å². The quantitative estimate of drug-likeness (QED) is 0.624. The normalized spacial score (nSPS) is 13.5. The van der Waals surface area contributed by atoms with E-state index >= 15 is 0 Å². The number of nitrogens with one attached hydrogen (secondary N) is 2. The third-order valence-electron chi connectivity index (χ3n) is 3.89. The van der Waals surface area contributed by atoms with Gasteiger partial charge in [-0.1, -0.05) is 18.2 Å². The molecule has 0 radical (unpaired) electrons. The number of hydrogen-bond donors (Lipinski definition) is 2. The second-order valence-electron chi connectivity index (χ2n) is 5.80. The number of hydrogen-bond acceptors (Lipinski definition) is 5. The molecule has 0 spiro atoms. The SMILES string of the molecule is CC1=CNC(c2ccc3cc(C(=O)NCCOC=O)ccc3c2)=NC1. The molecule has 3 rings (SSSR count). The van der Waals surface area contributed by atoms with Gasteiger partial charge in [0, 0.05) is 17.3 Å². The van der Waals surface area contributed by atoms with Crippen LogP contribution in [0.2, 0.25) is 0 Å². The standard InChI is InChI=1S/C19H19N3O3/c1-13-10-21-18(22-11-13)16-4-2-15-9-17(5-3-14(15)8-16)19(24)20-6-7-25-12-23/h2-5,8-10,12H,6-7,11H2,1H3,(H,20,24)(H,21,22). The highest BCUT2D eigenvalue weighted by Crippen LogP contribution is 2.19. The molecule has 6 nitrogen and oxygen atoms in total. The fourth-order valence-electron chi connectivity index (χ4n) is 2.57. The monoisotopic (exact) mass is 337 g/mol. The Balaban J connectivity index is 1.75. The van der Waals surface area contributed by atoms with E-state index in [1.165, 1.54) is 5.57 Å². The zero-order valence-electron chi connectivity index (χ0n) is 13.9. The molecule has 2 aromatic carbocycles. The Bertz CT molecular complexity index is 871. The molecule has 25 heavy (non-hydrogen) atoms. The first-order valence-corrected chi connectivity index (χ1v) is 8.01. The molecule has 0 atom stereocenters. The van der Waals surface area contributed by atoms with Crippen LogP contribution in [-0.2, 0) is 9.53 Å². The zero-order valence-corrected chi connectivity index (χ0v) is 13.9. The number of rotatable bonds is 6. The van der Waals surface area contributed by atoms with E-state index in [2.05, 4.69) is 26.4 Å². The van der Waals surface area contributed by atoms with E-state index in [4.69, 9.17) is 0 Å². The van der Waals surface area contributed by atoms with Crippen molar-refractivity contribution in [1.82, 2.24) is 10.6 Å². The van der Waals surface area contributed by atoms with Crippen molar-refractivity contribution in [3.05, 3.63) is 59.3 Å². The molecule has 2 N–H and O–H groups in total. The fraction of sp³-hybridized carbons (Fsp3) is 0.211. The average Bonchev–Trinajstić information content (AvgIpc) is 2.65. The highest BCUT2D eigenvalue weighted by molar-refractivity contribution is 6.04. The Morgan fingerprint density at radius 3 is 2.84 bits per heavy atom. The molecule has 6 heteroatoms. The van der Waals surface area contributed by atoms with Gasteiger partial charge in [-0.2, -0.15) is 0 Å². The molecule has 128 valence electrons. The van der Waals surface area contributed by atoms with Gasteiger partial charge in [0.25, 0.3) is 12.4 Å². The first-order chi connectivity index (χ1) is 12.2. The molecule has 0 aliphatic carbocycles. The lowest BCUT2D eigenvalue weighted by atomic mass is 10.0. The van der Waals surface area contributed by atoms with E-state index < -0.39 is 0 Å². The van der Waals surface area contributed by atoms with Crippen molar-refractivity contribution in [3.63, 3.8) is 0 Å². The molecule has 0 bridgehead atoms. The third kappa shape index (κ3) is 4.03. The predicted octanol–water partition coefficient (Wildman–Crippen LogP) is 2.00. The smallest absolute Gasteiger partial charge is 0.293 e. The van der Waals surface area contributed by atoms with Crippen molar-refractivity contribution < 1.29 is 14.3 Å². The van der Waals surface area contributed by atoms with Crippen LogP contribution in [0.15, 0.2) is 53.2 Å². The number of ether oxygens (including phenoxy) is 1. The maximum atomic E-state index is 12.1. The maximum Gasteiger partial charge on any atom is 0.293 e. The molecule has 0 saturated heterocycles. The lowest BCUT2D eigenvalue weighted by Crippen LogP contribution is -2.27. The number of carbonyl (C=O) groups excluding carboxylic acids is 2. The van der Waals surface area contributed by atoms with Gasteiger partial charge in [-0.25, -0.2) is 0 Å². The second kappa shape index (κ2) is 7.61. The first-order valence-electron chi connectivity index (χ1n) is 8.01. The molecule has 2 aromatic rings. The van der Waals surface area contributed by atoms with Gasteiger partial charge in [0.1, 0.15) is 12.4 Å². The Hall–Kier alpha value is -3.15. The van der Waals surface area contributed by atoms with Gasteiger partial charge in [-0.3, -0.25) is 14.6 Å². The van der Waals surface area contributed by atoms with Gasteiger partial charge in [0.2, 0.25) is 0 Å². The summed E-state index contributed by atoms with van der Waals surface area (Å²) in [5, 5.41) is 7.92. The van der Waals surface area contributed by atoms with E-state index in [1.807, 2.05) is 37.4 Å². The summed E-state index contributed by atoms with van der Waals surface area (Å²) in [6.45, 7) is 3.54. The van der Waals surface area contributed by atoms with Crippen LogP contribution in [-0.4, -0.2) is 37.9 Å². The summed E-state index contributed by atoms with van der Waals surface area (Å²) in [5.41, 5.74) is 2.77. The minimum Gasteiger partial charge on any atom is -0.466 e. The van der Waals surface area contributed by atoms with Gasteiger partial charge in [-0.05, 0) is 41.5 Å². The van der Waals surface area contributed by atoms with E-state index in [-0.39, 0.29) is 19.1 Å².